The van der Waals surface area contributed by atoms with Gasteiger partial charge in [-0.15, -0.1) is 0 Å². The first-order chi connectivity index (χ1) is 7.33. The minimum Gasteiger partial charge on any atom is -0.497 e. The van der Waals surface area contributed by atoms with Crippen LogP contribution >= 0.6 is 0 Å². The van der Waals surface area contributed by atoms with Crippen LogP contribution in [0.15, 0.2) is 34.9 Å². The molecule has 0 atom stereocenters. The number of hydrogen-bond donors (Lipinski definition) is 0. The molecule has 0 aliphatic heterocycles. The van der Waals surface area contributed by atoms with Crippen molar-refractivity contribution in [3.8, 4) is 23.1 Å². The minimum absolute atomic E-state index is 0.0702. The van der Waals surface area contributed by atoms with Gasteiger partial charge in [0.15, 0.2) is 11.8 Å². The number of nitriles is 1. The second-order valence-corrected chi connectivity index (χ2v) is 2.87. The maximum Gasteiger partial charge on any atom is 0.301 e. The van der Waals surface area contributed by atoms with Crippen LogP contribution in [0.25, 0.3) is 11.3 Å². The van der Waals surface area contributed by atoms with Crippen LogP contribution in [0.5, 0.6) is 5.75 Å². The van der Waals surface area contributed by atoms with Crippen LogP contribution in [0.3, 0.4) is 0 Å². The highest BCUT2D eigenvalue weighted by molar-refractivity contribution is 5.57. The summed E-state index contributed by atoms with van der Waals surface area (Å²) in [6.45, 7) is 0. The molecule has 0 aliphatic rings. The lowest BCUT2D eigenvalue weighted by atomic mass is 10.2. The normalized spacial score (nSPS) is 9.60. The average Bonchev–Trinajstić information content (AvgIpc) is 2.78. The highest BCUT2D eigenvalue weighted by Crippen LogP contribution is 2.22. The van der Waals surface area contributed by atoms with E-state index < -0.39 is 0 Å². The molecule has 1 aromatic carbocycles. The molecule has 0 unspecified atom stereocenters. The van der Waals surface area contributed by atoms with Gasteiger partial charge in [0, 0.05) is 5.56 Å². The number of nitrogens with zero attached hydrogens (tertiary/aromatic N) is 2. The van der Waals surface area contributed by atoms with Gasteiger partial charge in [-0.2, -0.15) is 5.26 Å². The van der Waals surface area contributed by atoms with E-state index in [2.05, 4.69) is 4.98 Å². The maximum absolute atomic E-state index is 8.55. The molecule has 1 aromatic heterocycles. The SMILES string of the molecule is COc1ccc(-c2cnc(C#N)o2)cc1. The van der Waals surface area contributed by atoms with Crippen molar-refractivity contribution in [3.05, 3.63) is 36.4 Å². The van der Waals surface area contributed by atoms with Crippen LogP contribution in [0.4, 0.5) is 0 Å². The molecule has 2 aromatic rings. The first kappa shape index (κ1) is 9.28. The van der Waals surface area contributed by atoms with Gasteiger partial charge in [-0.05, 0) is 24.3 Å². The quantitative estimate of drug-likeness (QED) is 0.745. The van der Waals surface area contributed by atoms with E-state index in [4.69, 9.17) is 14.4 Å². The molecular formula is C11H8N2O2. The number of methoxy groups -OCH3 is 1. The molecule has 0 saturated heterocycles. The number of aromatic nitrogens is 1. The molecule has 2 rings (SSSR count). The van der Waals surface area contributed by atoms with E-state index >= 15 is 0 Å². The molecule has 0 bridgehead atoms. The number of rotatable bonds is 2. The zero-order valence-electron chi connectivity index (χ0n) is 8.10. The number of hydrogen-bond acceptors (Lipinski definition) is 4. The molecule has 4 heteroatoms. The molecule has 0 spiro atoms. The molecule has 0 fully saturated rings. The zero-order chi connectivity index (χ0) is 10.7. The Balaban J connectivity index is 2.33. The predicted octanol–water partition coefficient (Wildman–Crippen LogP) is 2.22. The van der Waals surface area contributed by atoms with Crippen LogP contribution < -0.4 is 4.74 Å². The molecule has 0 saturated carbocycles. The summed E-state index contributed by atoms with van der Waals surface area (Å²) in [7, 11) is 1.61. The van der Waals surface area contributed by atoms with Crippen LogP contribution in [-0.4, -0.2) is 12.1 Å². The van der Waals surface area contributed by atoms with Crippen molar-refractivity contribution in [3.63, 3.8) is 0 Å². The smallest absolute Gasteiger partial charge is 0.301 e. The Morgan fingerprint density at radius 1 is 1.33 bits per heavy atom. The van der Waals surface area contributed by atoms with Crippen molar-refractivity contribution >= 4 is 0 Å². The molecular weight excluding hydrogens is 192 g/mol. The Bertz CT molecular complexity index is 494. The molecule has 15 heavy (non-hydrogen) atoms. The van der Waals surface area contributed by atoms with Gasteiger partial charge >= 0.3 is 5.89 Å². The first-order valence-corrected chi connectivity index (χ1v) is 4.34. The lowest BCUT2D eigenvalue weighted by Crippen LogP contribution is -1.81. The first-order valence-electron chi connectivity index (χ1n) is 4.34. The van der Waals surface area contributed by atoms with Gasteiger partial charge in [0.05, 0.1) is 13.3 Å². The average molecular weight is 200 g/mol. The van der Waals surface area contributed by atoms with Gasteiger partial charge in [-0.3, -0.25) is 0 Å². The van der Waals surface area contributed by atoms with Crippen molar-refractivity contribution in [1.82, 2.24) is 4.98 Å². The van der Waals surface area contributed by atoms with Gasteiger partial charge in [0.1, 0.15) is 5.75 Å². The summed E-state index contributed by atoms with van der Waals surface area (Å²) in [5.41, 5.74) is 0.866. The van der Waals surface area contributed by atoms with Crippen molar-refractivity contribution in [1.29, 1.82) is 5.26 Å². The fraction of sp³-hybridized carbons (Fsp3) is 0.0909. The summed E-state index contributed by atoms with van der Waals surface area (Å²) >= 11 is 0. The van der Waals surface area contributed by atoms with Gasteiger partial charge in [0.25, 0.3) is 0 Å². The third-order valence-electron chi connectivity index (χ3n) is 1.98. The third-order valence-corrected chi connectivity index (χ3v) is 1.98. The Kier molecular flexibility index (Phi) is 2.38. The summed E-state index contributed by atoms with van der Waals surface area (Å²) in [6, 6.07) is 9.18. The molecule has 0 aliphatic carbocycles. The Labute approximate surface area is 86.7 Å². The molecule has 74 valence electrons. The van der Waals surface area contributed by atoms with Crippen molar-refractivity contribution in [2.45, 2.75) is 0 Å². The van der Waals surface area contributed by atoms with Crippen LogP contribution in [-0.2, 0) is 0 Å². The van der Waals surface area contributed by atoms with E-state index in [9.17, 15) is 0 Å². The molecule has 0 amide bonds. The second kappa shape index (κ2) is 3.84. The van der Waals surface area contributed by atoms with Gasteiger partial charge < -0.3 is 9.15 Å². The molecule has 0 N–H and O–H groups in total. The lowest BCUT2D eigenvalue weighted by Gasteiger charge is -1.99. The van der Waals surface area contributed by atoms with E-state index in [1.165, 1.54) is 6.20 Å². The highest BCUT2D eigenvalue weighted by atomic mass is 16.5. The lowest BCUT2D eigenvalue weighted by molar-refractivity contribution is 0.415. The summed E-state index contributed by atoms with van der Waals surface area (Å²) in [4.78, 5) is 3.79. The standard InChI is InChI=1S/C11H8N2O2/c1-14-9-4-2-8(3-5-9)10-7-13-11(6-12)15-10/h2-5,7H,1H3. The second-order valence-electron chi connectivity index (χ2n) is 2.87. The van der Waals surface area contributed by atoms with E-state index in [1.807, 2.05) is 30.3 Å². The predicted molar refractivity (Wildman–Crippen MR) is 53.2 cm³/mol. The van der Waals surface area contributed by atoms with E-state index in [0.29, 0.717) is 5.76 Å². The molecule has 1 heterocycles. The topological polar surface area (TPSA) is 59.0 Å². The van der Waals surface area contributed by atoms with Crippen molar-refractivity contribution < 1.29 is 9.15 Å². The fourth-order valence-corrected chi connectivity index (χ4v) is 1.21. The maximum atomic E-state index is 8.55. The van der Waals surface area contributed by atoms with Gasteiger partial charge in [-0.1, -0.05) is 0 Å². The molecule has 0 radical (unpaired) electrons. The zero-order valence-corrected chi connectivity index (χ0v) is 8.10. The largest absolute Gasteiger partial charge is 0.497 e. The van der Waals surface area contributed by atoms with E-state index in [0.717, 1.165) is 11.3 Å². The van der Waals surface area contributed by atoms with Gasteiger partial charge in [0.2, 0.25) is 0 Å². The van der Waals surface area contributed by atoms with E-state index in [-0.39, 0.29) is 5.89 Å². The fourth-order valence-electron chi connectivity index (χ4n) is 1.21. The van der Waals surface area contributed by atoms with Crippen molar-refractivity contribution in [2.24, 2.45) is 0 Å². The van der Waals surface area contributed by atoms with Crippen LogP contribution in [0, 0.1) is 11.3 Å². The van der Waals surface area contributed by atoms with Crippen molar-refractivity contribution in [2.75, 3.05) is 7.11 Å². The minimum atomic E-state index is 0.0702. The summed E-state index contributed by atoms with van der Waals surface area (Å²) in [6.07, 6.45) is 1.53. The van der Waals surface area contributed by atoms with Gasteiger partial charge in [-0.25, -0.2) is 4.98 Å². The van der Waals surface area contributed by atoms with E-state index in [1.54, 1.807) is 7.11 Å². The summed E-state index contributed by atoms with van der Waals surface area (Å²) in [5.74, 6) is 1.42. The highest BCUT2D eigenvalue weighted by Gasteiger charge is 2.05. The Morgan fingerprint density at radius 3 is 2.60 bits per heavy atom. The molecule has 4 nitrogen and oxygen atoms in total. The summed E-state index contributed by atoms with van der Waals surface area (Å²) in [5, 5.41) is 8.55. The van der Waals surface area contributed by atoms with Crippen LogP contribution in [0.1, 0.15) is 5.89 Å². The number of ether oxygens (including phenoxy) is 1. The number of benzene rings is 1. The third kappa shape index (κ3) is 1.81. The Hall–Kier alpha value is -2.28. The van der Waals surface area contributed by atoms with Crippen LogP contribution in [0.2, 0.25) is 0 Å². The number of oxazole rings is 1. The monoisotopic (exact) mass is 200 g/mol. The Morgan fingerprint density at radius 2 is 2.07 bits per heavy atom. The summed E-state index contributed by atoms with van der Waals surface area (Å²) < 4.78 is 10.2.